The largest absolute Gasteiger partial charge is 0.497 e. The number of aliphatic hydroxyl groups is 1. The van der Waals surface area contributed by atoms with Crippen LogP contribution in [-0.4, -0.2) is 34.0 Å². The third-order valence-corrected chi connectivity index (χ3v) is 6.28. The van der Waals surface area contributed by atoms with Crippen molar-refractivity contribution in [3.63, 3.8) is 0 Å². The normalized spacial score (nSPS) is 18.0. The maximum Gasteiger partial charge on any atom is 0.342 e. The summed E-state index contributed by atoms with van der Waals surface area (Å²) in [5, 5.41) is 11.7. The summed E-state index contributed by atoms with van der Waals surface area (Å²) in [6.07, 6.45) is 0.293. The maximum absolute atomic E-state index is 13.1. The van der Waals surface area contributed by atoms with E-state index in [9.17, 15) is 9.90 Å². The van der Waals surface area contributed by atoms with Crippen molar-refractivity contribution in [1.29, 1.82) is 0 Å². The summed E-state index contributed by atoms with van der Waals surface area (Å²) in [5.74, 6) is -1.17. The van der Waals surface area contributed by atoms with Gasteiger partial charge in [0.15, 0.2) is 0 Å². The molecule has 3 aromatic carbocycles. The molecule has 4 aromatic rings. The molecule has 1 aliphatic heterocycles. The van der Waals surface area contributed by atoms with Crippen molar-refractivity contribution in [3.8, 4) is 11.5 Å². The first-order valence-electron chi connectivity index (χ1n) is 10.2. The summed E-state index contributed by atoms with van der Waals surface area (Å²) in [4.78, 5) is 13.1. The molecule has 0 fully saturated rings. The maximum atomic E-state index is 13.1. The van der Waals surface area contributed by atoms with Gasteiger partial charge in [-0.3, -0.25) is 0 Å². The summed E-state index contributed by atoms with van der Waals surface area (Å²) >= 11 is 1.11. The number of ether oxygens (including phenoxy) is 3. The molecule has 1 atom stereocenters. The van der Waals surface area contributed by atoms with Gasteiger partial charge >= 0.3 is 5.97 Å². The van der Waals surface area contributed by atoms with Gasteiger partial charge in [0, 0.05) is 17.6 Å². The van der Waals surface area contributed by atoms with Gasteiger partial charge in [-0.1, -0.05) is 18.2 Å². The number of fused-ring (bicyclic) bond motifs is 1. The summed E-state index contributed by atoms with van der Waals surface area (Å²) in [6, 6.07) is 19.7. The number of hydrogen-bond donors (Lipinski definition) is 1. The third kappa shape index (κ3) is 3.73. The number of methoxy groups -OCH3 is 2. The minimum atomic E-state index is -1.92. The summed E-state index contributed by atoms with van der Waals surface area (Å²) in [7, 11) is 3.17. The molecule has 0 radical (unpaired) electrons. The predicted molar refractivity (Wildman–Crippen MR) is 124 cm³/mol. The van der Waals surface area contributed by atoms with Crippen molar-refractivity contribution in [2.75, 3.05) is 14.2 Å². The van der Waals surface area contributed by atoms with Gasteiger partial charge in [0.2, 0.25) is 0 Å². The highest BCUT2D eigenvalue weighted by Crippen LogP contribution is 2.45. The summed E-state index contributed by atoms with van der Waals surface area (Å²) < 4.78 is 24.6. The molecule has 1 unspecified atom stereocenters. The van der Waals surface area contributed by atoms with E-state index in [1.54, 1.807) is 50.6 Å². The molecule has 1 N–H and O–H groups in total. The first-order valence-corrected chi connectivity index (χ1v) is 10.9. The van der Waals surface area contributed by atoms with E-state index in [-0.39, 0.29) is 0 Å². The van der Waals surface area contributed by atoms with E-state index in [4.69, 9.17) is 14.2 Å². The lowest BCUT2D eigenvalue weighted by atomic mass is 9.88. The molecular weight excluding hydrogens is 440 g/mol. The second kappa shape index (κ2) is 8.31. The third-order valence-electron chi connectivity index (χ3n) is 5.72. The second-order valence-electron chi connectivity index (χ2n) is 7.61. The van der Waals surface area contributed by atoms with Crippen LogP contribution in [0, 0.1) is 0 Å². The molecule has 0 spiro atoms. The van der Waals surface area contributed by atoms with Crippen LogP contribution in [0.4, 0.5) is 0 Å². The van der Waals surface area contributed by atoms with E-state index in [1.165, 1.54) is 0 Å². The minimum Gasteiger partial charge on any atom is -0.497 e. The zero-order valence-corrected chi connectivity index (χ0v) is 18.8. The Bertz CT molecular complexity index is 1360. The monoisotopic (exact) mass is 460 g/mol. The van der Waals surface area contributed by atoms with E-state index in [0.717, 1.165) is 28.6 Å². The first-order chi connectivity index (χ1) is 16.0. The Morgan fingerprint density at radius 3 is 2.21 bits per heavy atom. The van der Waals surface area contributed by atoms with Gasteiger partial charge in [-0.25, -0.2) is 4.79 Å². The van der Waals surface area contributed by atoms with Crippen LogP contribution in [0.2, 0.25) is 0 Å². The van der Waals surface area contributed by atoms with Crippen LogP contribution in [-0.2, 0) is 21.7 Å². The molecule has 2 heterocycles. The molecule has 33 heavy (non-hydrogen) atoms. The Hall–Kier alpha value is -3.75. The van der Waals surface area contributed by atoms with E-state index in [0.29, 0.717) is 40.0 Å². The topological polar surface area (TPSA) is 90.8 Å². The Morgan fingerprint density at radius 1 is 0.909 bits per heavy atom. The van der Waals surface area contributed by atoms with Gasteiger partial charge in [-0.05, 0) is 59.7 Å². The van der Waals surface area contributed by atoms with Crippen molar-refractivity contribution in [2.24, 2.45) is 0 Å². The Morgan fingerprint density at radius 2 is 1.55 bits per heavy atom. The molecule has 0 aliphatic carbocycles. The lowest BCUT2D eigenvalue weighted by molar-refractivity contribution is -0.185. The van der Waals surface area contributed by atoms with Crippen LogP contribution in [0.25, 0.3) is 16.6 Å². The number of carbonyl (C=O) groups excluding carboxylic acids is 1. The number of aromatic nitrogens is 2. The smallest absolute Gasteiger partial charge is 0.342 e. The van der Waals surface area contributed by atoms with Crippen molar-refractivity contribution in [2.45, 2.75) is 12.2 Å². The molecule has 5 rings (SSSR count). The minimum absolute atomic E-state index is 0.293. The highest BCUT2D eigenvalue weighted by molar-refractivity contribution is 7.00. The van der Waals surface area contributed by atoms with Crippen LogP contribution in [0.15, 0.2) is 72.3 Å². The molecule has 0 saturated carbocycles. The predicted octanol–water partition coefficient (Wildman–Crippen LogP) is 4.11. The van der Waals surface area contributed by atoms with Gasteiger partial charge in [0.25, 0.3) is 5.79 Å². The van der Waals surface area contributed by atoms with E-state index in [1.807, 2.05) is 30.3 Å². The van der Waals surface area contributed by atoms with Gasteiger partial charge in [-0.15, -0.1) is 0 Å². The molecule has 166 valence electrons. The Kier molecular flexibility index (Phi) is 5.32. The molecule has 0 bridgehead atoms. The molecular formula is C25H20N2O5S. The number of nitrogens with zero attached hydrogens (tertiary/aromatic N) is 2. The zero-order valence-electron chi connectivity index (χ0n) is 17.9. The van der Waals surface area contributed by atoms with Gasteiger partial charge in [-0.2, -0.15) is 8.75 Å². The SMILES string of the molecule is COc1ccc(CC2=C(c3ccc4nsnc4c3)C(=O)OC2(O)c2ccc(OC)cc2)cc1. The van der Waals surface area contributed by atoms with Crippen molar-refractivity contribution < 1.29 is 24.1 Å². The van der Waals surface area contributed by atoms with Gasteiger partial charge in [0.05, 0.1) is 31.5 Å². The number of rotatable bonds is 6. The quantitative estimate of drug-likeness (QED) is 0.433. The fraction of sp³-hybridized carbons (Fsp3) is 0.160. The van der Waals surface area contributed by atoms with Crippen LogP contribution in [0.1, 0.15) is 16.7 Å². The van der Waals surface area contributed by atoms with E-state index >= 15 is 0 Å². The summed E-state index contributed by atoms with van der Waals surface area (Å²) in [5.41, 5.74) is 4.15. The molecule has 0 saturated heterocycles. The Balaban J connectivity index is 1.67. The van der Waals surface area contributed by atoms with E-state index in [2.05, 4.69) is 8.75 Å². The standard InChI is InChI=1S/C25H20N2O5S/c1-30-18-8-3-15(4-9-18)13-20-23(16-5-12-21-22(14-16)27-33-26-21)24(28)32-25(20,29)17-6-10-19(31-2)11-7-17/h3-12,14,29H,13H2,1-2H3. The van der Waals surface area contributed by atoms with Crippen LogP contribution >= 0.6 is 11.7 Å². The fourth-order valence-electron chi connectivity index (χ4n) is 3.97. The van der Waals surface area contributed by atoms with Crippen LogP contribution < -0.4 is 9.47 Å². The average Bonchev–Trinajstić information content (AvgIpc) is 3.41. The molecule has 0 amide bonds. The molecule has 1 aromatic heterocycles. The fourth-order valence-corrected chi connectivity index (χ4v) is 4.49. The Labute approximate surface area is 194 Å². The van der Waals surface area contributed by atoms with Crippen molar-refractivity contribution >= 4 is 34.3 Å². The highest BCUT2D eigenvalue weighted by atomic mass is 32.1. The number of cyclic esters (lactones) is 1. The zero-order chi connectivity index (χ0) is 23.0. The van der Waals surface area contributed by atoms with Crippen LogP contribution in [0.5, 0.6) is 11.5 Å². The second-order valence-corrected chi connectivity index (χ2v) is 8.14. The highest BCUT2D eigenvalue weighted by Gasteiger charge is 2.48. The number of esters is 1. The number of hydrogen-bond acceptors (Lipinski definition) is 8. The number of carbonyl (C=O) groups is 1. The lowest BCUT2D eigenvalue weighted by Crippen LogP contribution is -2.29. The molecule has 1 aliphatic rings. The van der Waals surface area contributed by atoms with Crippen molar-refractivity contribution in [1.82, 2.24) is 8.75 Å². The lowest BCUT2D eigenvalue weighted by Gasteiger charge is -2.26. The van der Waals surface area contributed by atoms with E-state index < -0.39 is 11.8 Å². The molecule has 7 nitrogen and oxygen atoms in total. The average molecular weight is 461 g/mol. The molecule has 8 heteroatoms. The van der Waals surface area contributed by atoms with Gasteiger partial charge in [0.1, 0.15) is 22.5 Å². The van der Waals surface area contributed by atoms with Gasteiger partial charge < -0.3 is 19.3 Å². The van der Waals surface area contributed by atoms with Crippen molar-refractivity contribution in [3.05, 3.63) is 89.0 Å². The summed E-state index contributed by atoms with van der Waals surface area (Å²) in [6.45, 7) is 0. The van der Waals surface area contributed by atoms with Crippen LogP contribution in [0.3, 0.4) is 0 Å². The first kappa shape index (κ1) is 21.1. The number of benzene rings is 3.